The first-order valence-corrected chi connectivity index (χ1v) is 12.1. The lowest BCUT2D eigenvalue weighted by Crippen LogP contribution is -2.35. The highest BCUT2D eigenvalue weighted by Gasteiger charge is 2.50. The molecule has 1 N–H and O–H groups in total. The van der Waals surface area contributed by atoms with Crippen LogP contribution in [0.2, 0.25) is 0 Å². The molecular weight excluding hydrogens is 340 g/mol. The maximum atomic E-state index is 10.0. The summed E-state index contributed by atoms with van der Waals surface area (Å²) >= 11 is 0. The fourth-order valence-corrected chi connectivity index (χ4v) is 6.62. The summed E-state index contributed by atoms with van der Waals surface area (Å²) in [6.45, 7) is 12.1. The summed E-state index contributed by atoms with van der Waals surface area (Å²) in [6, 6.07) is 0. The number of fused-ring (bicyclic) bond motifs is 1. The topological polar surface area (TPSA) is 20.2 Å². The largest absolute Gasteiger partial charge is 0.393 e. The molecule has 0 saturated heterocycles. The van der Waals surface area contributed by atoms with Crippen molar-refractivity contribution in [3.63, 3.8) is 0 Å². The van der Waals surface area contributed by atoms with Crippen LogP contribution in [0.25, 0.3) is 0 Å². The van der Waals surface area contributed by atoms with Crippen LogP contribution in [-0.2, 0) is 0 Å². The molecule has 158 valence electrons. The van der Waals surface area contributed by atoms with E-state index in [4.69, 9.17) is 0 Å². The Labute approximate surface area is 174 Å². The Bertz CT molecular complexity index is 633. The lowest BCUT2D eigenvalue weighted by atomic mass is 9.61. The summed E-state index contributed by atoms with van der Waals surface area (Å²) in [5.41, 5.74) is 8.66. The molecule has 28 heavy (non-hydrogen) atoms. The molecule has 0 spiro atoms. The normalized spacial score (nSPS) is 34.4. The Morgan fingerprint density at radius 1 is 1.14 bits per heavy atom. The molecule has 0 radical (unpaired) electrons. The fourth-order valence-electron chi connectivity index (χ4n) is 6.62. The third-order valence-corrected chi connectivity index (χ3v) is 8.41. The fraction of sp³-hybridized carbons (Fsp3) is 0.815. The van der Waals surface area contributed by atoms with E-state index in [2.05, 4.69) is 46.4 Å². The maximum absolute atomic E-state index is 10.0. The van der Waals surface area contributed by atoms with Crippen LogP contribution >= 0.6 is 0 Å². The van der Waals surface area contributed by atoms with Crippen LogP contribution in [-0.4, -0.2) is 11.2 Å². The molecule has 3 rings (SSSR count). The second-order valence-electron chi connectivity index (χ2n) is 10.9. The van der Waals surface area contributed by atoms with Crippen molar-refractivity contribution in [2.45, 2.75) is 111 Å². The van der Waals surface area contributed by atoms with Gasteiger partial charge >= 0.3 is 0 Å². The van der Waals surface area contributed by atoms with E-state index in [1.807, 2.05) is 0 Å². The second kappa shape index (κ2) is 9.36. The van der Waals surface area contributed by atoms with Gasteiger partial charge in [0.1, 0.15) is 0 Å². The number of aliphatic hydroxyl groups excluding tert-OH is 1. The van der Waals surface area contributed by atoms with Crippen molar-refractivity contribution in [1.29, 1.82) is 0 Å². The van der Waals surface area contributed by atoms with E-state index in [9.17, 15) is 5.11 Å². The van der Waals surface area contributed by atoms with Crippen molar-refractivity contribution >= 4 is 0 Å². The Morgan fingerprint density at radius 3 is 2.68 bits per heavy atom. The average Bonchev–Trinajstić information content (AvgIpc) is 2.99. The molecule has 2 saturated carbocycles. The van der Waals surface area contributed by atoms with Gasteiger partial charge < -0.3 is 5.11 Å². The van der Waals surface area contributed by atoms with E-state index in [-0.39, 0.29) is 6.10 Å². The minimum atomic E-state index is -0.152. The molecule has 5 atom stereocenters. The smallest absolute Gasteiger partial charge is 0.0583 e. The van der Waals surface area contributed by atoms with Gasteiger partial charge in [-0.05, 0) is 105 Å². The number of hydrogen-bond donors (Lipinski definition) is 1. The summed E-state index contributed by atoms with van der Waals surface area (Å²) < 4.78 is 0. The van der Waals surface area contributed by atoms with Gasteiger partial charge in [-0.25, -0.2) is 0 Å². The Hall–Kier alpha value is -0.780. The minimum Gasteiger partial charge on any atom is -0.393 e. The number of allylic oxidation sites excluding steroid dienone is 2. The third kappa shape index (κ3) is 4.85. The second-order valence-corrected chi connectivity index (χ2v) is 10.9. The van der Waals surface area contributed by atoms with Gasteiger partial charge in [-0.15, -0.1) is 5.73 Å². The van der Waals surface area contributed by atoms with Gasteiger partial charge in [-0.2, -0.15) is 0 Å². The van der Waals surface area contributed by atoms with Crippen molar-refractivity contribution in [2.24, 2.45) is 29.1 Å². The van der Waals surface area contributed by atoms with Crippen LogP contribution in [0.4, 0.5) is 0 Å². The molecule has 0 aromatic rings. The van der Waals surface area contributed by atoms with Crippen LogP contribution in [0.5, 0.6) is 0 Å². The first-order chi connectivity index (χ1) is 13.3. The third-order valence-electron chi connectivity index (χ3n) is 8.41. The molecule has 0 bridgehead atoms. The summed E-state index contributed by atoms with van der Waals surface area (Å²) in [4.78, 5) is 0. The highest BCUT2D eigenvalue weighted by Crippen LogP contribution is 2.59. The van der Waals surface area contributed by atoms with E-state index in [0.717, 1.165) is 42.9 Å². The molecule has 0 aromatic carbocycles. The van der Waals surface area contributed by atoms with Gasteiger partial charge in [0.05, 0.1) is 6.10 Å². The SMILES string of the molecule is CC1=C(C=C=C2CCC[C@]3(C)[C@@H]([C@H](C)CCCC(C)C)CC[C@@H]23)C[C@@H](O)CC1. The predicted molar refractivity (Wildman–Crippen MR) is 120 cm³/mol. The Balaban J connectivity index is 1.73. The molecule has 3 aliphatic carbocycles. The average molecular weight is 385 g/mol. The highest BCUT2D eigenvalue weighted by molar-refractivity contribution is 5.29. The van der Waals surface area contributed by atoms with Gasteiger partial charge in [0.25, 0.3) is 0 Å². The first kappa shape index (κ1) is 21.9. The molecule has 0 unspecified atom stereocenters. The molecule has 0 heterocycles. The van der Waals surface area contributed by atoms with Crippen LogP contribution in [0.1, 0.15) is 105 Å². The Kier molecular flexibility index (Phi) is 7.32. The molecule has 1 heteroatoms. The van der Waals surface area contributed by atoms with Crippen molar-refractivity contribution in [3.05, 3.63) is 28.5 Å². The molecule has 3 aliphatic rings. The zero-order valence-electron chi connectivity index (χ0n) is 19.2. The molecular formula is C27H44O. The molecule has 0 aromatic heterocycles. The van der Waals surface area contributed by atoms with Crippen LogP contribution < -0.4 is 0 Å². The van der Waals surface area contributed by atoms with Crippen molar-refractivity contribution in [2.75, 3.05) is 0 Å². The van der Waals surface area contributed by atoms with Crippen molar-refractivity contribution < 1.29 is 5.11 Å². The zero-order valence-corrected chi connectivity index (χ0v) is 19.2. The number of rotatable bonds is 6. The van der Waals surface area contributed by atoms with Crippen LogP contribution in [0.3, 0.4) is 0 Å². The highest BCUT2D eigenvalue weighted by atomic mass is 16.3. The Morgan fingerprint density at radius 2 is 1.93 bits per heavy atom. The summed E-state index contributed by atoms with van der Waals surface area (Å²) in [5.74, 6) is 3.32. The number of aliphatic hydroxyl groups is 1. The van der Waals surface area contributed by atoms with Crippen LogP contribution in [0.15, 0.2) is 28.5 Å². The maximum Gasteiger partial charge on any atom is 0.0583 e. The van der Waals surface area contributed by atoms with Gasteiger partial charge in [0, 0.05) is 0 Å². The van der Waals surface area contributed by atoms with E-state index in [1.165, 1.54) is 62.5 Å². The first-order valence-electron chi connectivity index (χ1n) is 12.1. The predicted octanol–water partition coefficient (Wildman–Crippen LogP) is 7.61. The van der Waals surface area contributed by atoms with E-state index < -0.39 is 0 Å². The minimum absolute atomic E-state index is 0.152. The lowest BCUT2D eigenvalue weighted by molar-refractivity contribution is 0.0930. The van der Waals surface area contributed by atoms with Crippen LogP contribution in [0, 0.1) is 29.1 Å². The number of hydrogen-bond acceptors (Lipinski definition) is 1. The van der Waals surface area contributed by atoms with E-state index in [1.54, 1.807) is 5.57 Å². The van der Waals surface area contributed by atoms with Gasteiger partial charge in [-0.1, -0.05) is 52.5 Å². The molecule has 1 nitrogen and oxygen atoms in total. The van der Waals surface area contributed by atoms with Gasteiger partial charge in [-0.3, -0.25) is 0 Å². The monoisotopic (exact) mass is 384 g/mol. The summed E-state index contributed by atoms with van der Waals surface area (Å²) in [6.07, 6.45) is 15.8. The molecule has 2 fully saturated rings. The van der Waals surface area contributed by atoms with E-state index in [0.29, 0.717) is 5.41 Å². The lowest BCUT2D eigenvalue weighted by Gasteiger charge is -2.44. The quantitative estimate of drug-likeness (QED) is 0.467. The van der Waals surface area contributed by atoms with Crippen molar-refractivity contribution in [3.8, 4) is 0 Å². The summed E-state index contributed by atoms with van der Waals surface area (Å²) in [7, 11) is 0. The zero-order chi connectivity index (χ0) is 20.3. The van der Waals surface area contributed by atoms with Crippen molar-refractivity contribution in [1.82, 2.24) is 0 Å². The van der Waals surface area contributed by atoms with Gasteiger partial charge in [0.2, 0.25) is 0 Å². The summed E-state index contributed by atoms with van der Waals surface area (Å²) in [5, 5.41) is 10.0. The molecule has 0 aliphatic heterocycles. The van der Waals surface area contributed by atoms with Gasteiger partial charge in [0.15, 0.2) is 0 Å². The standard InChI is InChI=1S/C27H44O/c1-19(2)8-6-9-21(4)25-15-16-26-22(10-7-17-27(25,26)5)12-13-23-18-24(28)14-11-20(23)3/h13,19,21,24-26,28H,6-11,14-18H2,1-5H3/t12?,21-,24+,25-,26+,27-/m1/s1. The van der Waals surface area contributed by atoms with E-state index >= 15 is 0 Å². The molecule has 0 amide bonds.